The van der Waals surface area contributed by atoms with E-state index in [1.165, 1.54) is 11.0 Å². The van der Waals surface area contributed by atoms with Crippen molar-refractivity contribution in [1.29, 1.82) is 0 Å². The molecule has 42 heavy (non-hydrogen) atoms. The normalized spacial score (nSPS) is 12.2. The number of phenolic OH excluding ortho intramolecular Hbond substituents is 1. The van der Waals surface area contributed by atoms with Crippen LogP contribution in [0, 0.1) is 6.92 Å². The van der Waals surface area contributed by atoms with Crippen molar-refractivity contribution >= 4 is 33.9 Å². The molecule has 9 heteroatoms. The van der Waals surface area contributed by atoms with Crippen molar-refractivity contribution in [3.05, 3.63) is 78.6 Å². The first kappa shape index (κ1) is 30.1. The molecular formula is C33H38N6O3. The van der Waals surface area contributed by atoms with Crippen LogP contribution in [0.2, 0.25) is 0 Å². The molecule has 0 aliphatic carbocycles. The van der Waals surface area contributed by atoms with Crippen molar-refractivity contribution < 1.29 is 14.6 Å². The summed E-state index contributed by atoms with van der Waals surface area (Å²) < 4.78 is 5.91. The van der Waals surface area contributed by atoms with E-state index in [2.05, 4.69) is 21.5 Å². The fourth-order valence-electron chi connectivity index (χ4n) is 4.88. The predicted molar refractivity (Wildman–Crippen MR) is 172 cm³/mol. The topological polar surface area (TPSA) is 120 Å². The van der Waals surface area contributed by atoms with Crippen molar-refractivity contribution in [3.63, 3.8) is 0 Å². The zero-order valence-corrected chi connectivity index (χ0v) is 25.0. The van der Waals surface area contributed by atoms with Crippen LogP contribution in [0.5, 0.6) is 11.5 Å². The lowest BCUT2D eigenvalue weighted by Gasteiger charge is -2.18. The van der Waals surface area contributed by atoms with Gasteiger partial charge >= 0.3 is 0 Å². The molecule has 0 saturated carbocycles. The second-order valence-electron chi connectivity index (χ2n) is 10.3. The smallest absolute Gasteiger partial charge is 0.250 e. The maximum absolute atomic E-state index is 12.4. The number of hydrogen-bond donors (Lipinski definition) is 3. The molecule has 4 aromatic rings. The van der Waals surface area contributed by atoms with Gasteiger partial charge in [0.25, 0.3) is 0 Å². The number of aromatic hydroxyl groups is 1. The Hall–Kier alpha value is -4.89. The number of nitrogens with one attached hydrogen (secondary N) is 1. The summed E-state index contributed by atoms with van der Waals surface area (Å²) in [5.41, 5.74) is 14.0. The molecule has 0 aliphatic heterocycles. The molecule has 9 nitrogen and oxygen atoms in total. The number of likely N-dealkylation sites (N-methyl/N-ethyl adjacent to an activating group) is 2. The lowest BCUT2D eigenvalue weighted by molar-refractivity contribution is -0.113. The molecule has 2 aromatic carbocycles. The molecule has 0 radical (unpaired) electrons. The van der Waals surface area contributed by atoms with Gasteiger partial charge in [-0.2, -0.15) is 0 Å². The van der Waals surface area contributed by atoms with Crippen LogP contribution in [0.15, 0.2) is 72.5 Å². The summed E-state index contributed by atoms with van der Waals surface area (Å²) >= 11 is 0. The largest absolute Gasteiger partial charge is 0.506 e. The van der Waals surface area contributed by atoms with E-state index in [1.54, 1.807) is 38.6 Å². The Labute approximate surface area is 246 Å². The lowest BCUT2D eigenvalue weighted by atomic mass is 9.92. The van der Waals surface area contributed by atoms with Crippen molar-refractivity contribution in [2.45, 2.75) is 13.8 Å². The van der Waals surface area contributed by atoms with Crippen LogP contribution < -0.4 is 15.4 Å². The standard InChI is InChI=1S/C33H38N6O3/c1-8-29(41)39(7)27-17-23(11-14-28(27)40)31-30-20(2)26(25(18-34)21(3)35-4)19-36-33(30)37-32(31)22-9-12-24(13-10-22)42-16-15-38(5)6/h8-14,17-19,40H,1,15-16,34H2,2-7H3,(H,36,37)/b25-18+,35-21?. The quantitative estimate of drug-likeness (QED) is 0.175. The second-order valence-corrected chi connectivity index (χ2v) is 10.3. The molecule has 1 amide bonds. The Morgan fingerprint density at radius 1 is 1.17 bits per heavy atom. The number of H-pyrrole nitrogens is 1. The summed E-state index contributed by atoms with van der Waals surface area (Å²) in [5, 5.41) is 11.6. The molecule has 0 spiro atoms. The first-order valence-electron chi connectivity index (χ1n) is 13.6. The molecule has 0 atom stereocenters. The number of phenols is 1. The highest BCUT2D eigenvalue weighted by Gasteiger charge is 2.23. The molecule has 0 bridgehead atoms. The minimum absolute atomic E-state index is 0.0178. The molecule has 0 aliphatic rings. The minimum atomic E-state index is -0.335. The Morgan fingerprint density at radius 3 is 2.48 bits per heavy atom. The number of rotatable bonds is 10. The highest BCUT2D eigenvalue weighted by atomic mass is 16.5. The van der Waals surface area contributed by atoms with Crippen LogP contribution in [-0.2, 0) is 4.79 Å². The number of aryl methyl sites for hydroxylation is 1. The third-order valence-electron chi connectivity index (χ3n) is 7.34. The highest BCUT2D eigenvalue weighted by Crippen LogP contribution is 2.43. The number of allylic oxidation sites excluding steroid dienone is 1. The van der Waals surface area contributed by atoms with Crippen LogP contribution in [0.4, 0.5) is 5.69 Å². The number of aromatic amines is 1. The van der Waals surface area contributed by atoms with E-state index in [0.29, 0.717) is 17.9 Å². The van der Waals surface area contributed by atoms with Gasteiger partial charge in [0.2, 0.25) is 5.91 Å². The van der Waals surface area contributed by atoms with Crippen molar-refractivity contribution in [3.8, 4) is 33.9 Å². The number of ether oxygens (including phenoxy) is 1. The summed E-state index contributed by atoms with van der Waals surface area (Å²) in [6, 6.07) is 13.1. The zero-order chi connectivity index (χ0) is 30.6. The number of pyridine rings is 1. The van der Waals surface area contributed by atoms with Crippen LogP contribution in [0.25, 0.3) is 39.0 Å². The number of nitrogens with zero attached hydrogens (tertiary/aromatic N) is 4. The Morgan fingerprint density at radius 2 is 1.86 bits per heavy atom. The van der Waals surface area contributed by atoms with Gasteiger partial charge in [0.05, 0.1) is 11.4 Å². The van der Waals surface area contributed by atoms with E-state index in [9.17, 15) is 9.90 Å². The van der Waals surface area contributed by atoms with Gasteiger partial charge in [-0.05, 0) is 87.1 Å². The number of hydrogen-bond acceptors (Lipinski definition) is 7. The Balaban J connectivity index is 1.96. The number of benzene rings is 2. The van der Waals surface area contributed by atoms with Gasteiger partial charge < -0.3 is 30.4 Å². The number of nitrogens with two attached hydrogens (primary N) is 1. The van der Waals surface area contributed by atoms with E-state index in [4.69, 9.17) is 15.5 Å². The fraction of sp³-hybridized carbons (Fsp3) is 0.242. The molecule has 0 unspecified atom stereocenters. The number of anilines is 1. The summed E-state index contributed by atoms with van der Waals surface area (Å²) in [4.78, 5) is 28.5. The van der Waals surface area contributed by atoms with Crippen molar-refractivity contribution in [1.82, 2.24) is 14.9 Å². The molecule has 4 rings (SSSR count). The second kappa shape index (κ2) is 12.7. The average molecular weight is 567 g/mol. The maximum Gasteiger partial charge on any atom is 0.250 e. The number of fused-ring (bicyclic) bond motifs is 1. The number of aromatic nitrogens is 2. The van der Waals surface area contributed by atoms with E-state index < -0.39 is 0 Å². The van der Waals surface area contributed by atoms with E-state index >= 15 is 0 Å². The van der Waals surface area contributed by atoms with Gasteiger partial charge in [0.15, 0.2) is 0 Å². The number of carbonyl (C=O) groups excluding carboxylic acids is 1. The lowest BCUT2D eigenvalue weighted by Crippen LogP contribution is -2.23. The van der Waals surface area contributed by atoms with Gasteiger partial charge in [0, 0.05) is 60.8 Å². The first-order chi connectivity index (χ1) is 20.1. The Kier molecular flexibility index (Phi) is 9.12. The first-order valence-corrected chi connectivity index (χ1v) is 13.6. The molecule has 0 saturated heterocycles. The van der Waals surface area contributed by atoms with Gasteiger partial charge in [-0.25, -0.2) is 4.98 Å². The third-order valence-corrected chi connectivity index (χ3v) is 7.34. The molecule has 2 aromatic heterocycles. The number of amides is 1. The van der Waals surface area contributed by atoms with Crippen LogP contribution in [-0.4, -0.2) is 72.9 Å². The minimum Gasteiger partial charge on any atom is -0.506 e. The monoisotopic (exact) mass is 566 g/mol. The molecule has 4 N–H and O–H groups in total. The summed E-state index contributed by atoms with van der Waals surface area (Å²) in [6.45, 7) is 8.92. The molecular weight excluding hydrogens is 528 g/mol. The van der Waals surface area contributed by atoms with Crippen molar-refractivity contribution in [2.24, 2.45) is 10.7 Å². The average Bonchev–Trinajstić information content (AvgIpc) is 3.38. The van der Waals surface area contributed by atoms with Gasteiger partial charge in [-0.15, -0.1) is 0 Å². The van der Waals surface area contributed by atoms with E-state index in [0.717, 1.165) is 62.5 Å². The molecule has 218 valence electrons. The number of carbonyl (C=O) groups is 1. The van der Waals surface area contributed by atoms with Crippen LogP contribution in [0.3, 0.4) is 0 Å². The highest BCUT2D eigenvalue weighted by molar-refractivity contribution is 6.23. The SMILES string of the molecule is C=CC(=O)N(C)c1cc(-c2c(-c3ccc(OCCN(C)C)cc3)[nH]c3ncc(/C(=C/N)C(C)=NC)c(C)c23)ccc1O. The van der Waals surface area contributed by atoms with Crippen LogP contribution >= 0.6 is 0 Å². The van der Waals surface area contributed by atoms with Gasteiger partial charge in [-0.1, -0.05) is 12.6 Å². The van der Waals surface area contributed by atoms with E-state index in [-0.39, 0.29) is 11.7 Å². The zero-order valence-electron chi connectivity index (χ0n) is 25.0. The van der Waals surface area contributed by atoms with Gasteiger partial charge in [-0.3, -0.25) is 9.79 Å². The van der Waals surface area contributed by atoms with E-state index in [1.807, 2.05) is 58.3 Å². The Bertz CT molecular complexity index is 1680. The summed E-state index contributed by atoms with van der Waals surface area (Å²) in [6.07, 6.45) is 4.56. The van der Waals surface area contributed by atoms with Gasteiger partial charge in [0.1, 0.15) is 23.8 Å². The summed E-state index contributed by atoms with van der Waals surface area (Å²) in [7, 11) is 7.35. The third kappa shape index (κ3) is 5.91. The maximum atomic E-state index is 12.4. The summed E-state index contributed by atoms with van der Waals surface area (Å²) in [5.74, 6) is 0.424. The fourth-order valence-corrected chi connectivity index (χ4v) is 4.88. The van der Waals surface area contributed by atoms with Crippen molar-refractivity contribution in [2.75, 3.05) is 46.2 Å². The molecule has 0 fully saturated rings. The van der Waals surface area contributed by atoms with Crippen LogP contribution in [0.1, 0.15) is 18.1 Å². The predicted octanol–water partition coefficient (Wildman–Crippen LogP) is 5.39. The molecule has 2 heterocycles. The number of aliphatic imine (C=N–C) groups is 1.